The monoisotopic (exact) mass is 815 g/mol. The number of aryl methyl sites for hydroxylation is 1. The van der Waals surface area contributed by atoms with E-state index in [9.17, 15) is 0 Å². The summed E-state index contributed by atoms with van der Waals surface area (Å²) in [4.78, 5) is 0. The highest BCUT2D eigenvalue weighted by molar-refractivity contribution is 6.15. The molecule has 1 nitrogen and oxygen atoms in total. The van der Waals surface area contributed by atoms with Gasteiger partial charge in [0.1, 0.15) is 0 Å². The van der Waals surface area contributed by atoms with Crippen LogP contribution in [0.1, 0.15) is 29.0 Å². The summed E-state index contributed by atoms with van der Waals surface area (Å²) in [6, 6.07) is 89.9. The summed E-state index contributed by atoms with van der Waals surface area (Å²) in [5, 5.41) is 10.1. The van der Waals surface area contributed by atoms with Crippen LogP contribution in [0.15, 0.2) is 243 Å². The average Bonchev–Trinajstić information content (AvgIpc) is 3.71. The van der Waals surface area contributed by atoms with Gasteiger partial charge in [0.2, 0.25) is 0 Å². The van der Waals surface area contributed by atoms with Gasteiger partial charge < -0.3 is 4.57 Å². The van der Waals surface area contributed by atoms with Crippen molar-refractivity contribution in [3.05, 3.63) is 259 Å². The standard InChI is InChI=1S/C63H45N/c1-2-17-46(18-3-1)51(38-32-43-30-33-45(34-31-43)48-36-35-44-16-4-5-19-47(44)40-48)50-37-39-55(60(42-50)59-41-49-20-6-7-21-52(49)53-22-8-9-23-54(53)59)56-24-10-13-27-61(56)64-62-28-14-11-25-57(62)58-26-12-15-29-63(58)64/h1-31,33-37,39-42,51H,32,38H2. The Morgan fingerprint density at radius 1 is 0.312 bits per heavy atom. The van der Waals surface area contributed by atoms with Gasteiger partial charge in [-0.1, -0.05) is 206 Å². The summed E-state index contributed by atoms with van der Waals surface area (Å²) in [7, 11) is 0. The number of rotatable bonds is 9. The molecule has 302 valence electrons. The fourth-order valence-electron chi connectivity index (χ4n) is 10.3. The number of hydrogen-bond acceptors (Lipinski definition) is 0. The first-order valence-corrected chi connectivity index (χ1v) is 22.5. The lowest BCUT2D eigenvalue weighted by Crippen LogP contribution is -2.05. The first kappa shape index (κ1) is 37.7. The van der Waals surface area contributed by atoms with E-state index in [1.165, 1.54) is 110 Å². The van der Waals surface area contributed by atoms with Crippen molar-refractivity contribution < 1.29 is 0 Å². The van der Waals surface area contributed by atoms with Crippen LogP contribution in [0.4, 0.5) is 0 Å². The Morgan fingerprint density at radius 2 is 0.906 bits per heavy atom. The molecule has 1 unspecified atom stereocenters. The van der Waals surface area contributed by atoms with Gasteiger partial charge in [0, 0.05) is 22.3 Å². The Labute approximate surface area is 374 Å². The number of aromatic nitrogens is 1. The molecule has 0 aliphatic carbocycles. The van der Waals surface area contributed by atoms with Crippen LogP contribution in [-0.2, 0) is 6.42 Å². The molecular formula is C63H45N. The maximum Gasteiger partial charge on any atom is 0.0541 e. The van der Waals surface area contributed by atoms with Crippen molar-refractivity contribution in [3.63, 3.8) is 0 Å². The first-order valence-electron chi connectivity index (χ1n) is 22.5. The molecule has 1 heterocycles. The van der Waals surface area contributed by atoms with Gasteiger partial charge in [-0.2, -0.15) is 0 Å². The van der Waals surface area contributed by atoms with E-state index in [2.05, 4.69) is 247 Å². The van der Waals surface area contributed by atoms with E-state index in [0.717, 1.165) is 12.8 Å². The first-order chi connectivity index (χ1) is 31.7. The number of para-hydroxylation sites is 3. The molecule has 0 radical (unpaired) electrons. The molecule has 0 amide bonds. The number of fused-ring (bicyclic) bond motifs is 7. The highest BCUT2D eigenvalue weighted by Gasteiger charge is 2.22. The molecule has 0 bridgehead atoms. The molecule has 1 heteroatoms. The predicted octanol–water partition coefficient (Wildman–Crippen LogP) is 17.0. The van der Waals surface area contributed by atoms with E-state index in [1.54, 1.807) is 0 Å². The van der Waals surface area contributed by atoms with Crippen LogP contribution in [0.25, 0.3) is 93.2 Å². The van der Waals surface area contributed by atoms with Crippen LogP contribution in [-0.4, -0.2) is 4.57 Å². The van der Waals surface area contributed by atoms with Crippen LogP contribution >= 0.6 is 0 Å². The lowest BCUT2D eigenvalue weighted by atomic mass is 9.82. The third-order valence-electron chi connectivity index (χ3n) is 13.5. The van der Waals surface area contributed by atoms with Crippen molar-refractivity contribution in [2.75, 3.05) is 0 Å². The van der Waals surface area contributed by atoms with Gasteiger partial charge in [0.15, 0.2) is 0 Å². The highest BCUT2D eigenvalue weighted by Crippen LogP contribution is 2.45. The van der Waals surface area contributed by atoms with Crippen LogP contribution in [0, 0.1) is 0 Å². The predicted molar refractivity (Wildman–Crippen MR) is 273 cm³/mol. The summed E-state index contributed by atoms with van der Waals surface area (Å²) in [5.41, 5.74) is 15.0. The molecule has 0 aliphatic rings. The Kier molecular flexibility index (Phi) is 9.46. The van der Waals surface area contributed by atoms with E-state index < -0.39 is 0 Å². The molecule has 0 fully saturated rings. The zero-order chi connectivity index (χ0) is 42.4. The molecule has 0 saturated carbocycles. The normalized spacial score (nSPS) is 12.1. The SMILES string of the molecule is c1ccc(C(CCc2ccc(-c3ccc4ccccc4c3)cc2)c2ccc(-c3ccccc3-n3c4ccccc4c4ccccc43)c(-c3cc4ccccc4c4ccccc34)c2)cc1. The summed E-state index contributed by atoms with van der Waals surface area (Å²) in [6.45, 7) is 0. The zero-order valence-corrected chi connectivity index (χ0v) is 35.5. The summed E-state index contributed by atoms with van der Waals surface area (Å²) in [6.07, 6.45) is 1.94. The van der Waals surface area contributed by atoms with Gasteiger partial charge in [-0.25, -0.2) is 0 Å². The molecule has 0 N–H and O–H groups in total. The van der Waals surface area contributed by atoms with Gasteiger partial charge >= 0.3 is 0 Å². The maximum absolute atomic E-state index is 2.52. The third kappa shape index (κ3) is 6.65. The fraction of sp³-hybridized carbons (Fsp3) is 0.0476. The number of benzene rings is 11. The highest BCUT2D eigenvalue weighted by atomic mass is 15.0. The van der Waals surface area contributed by atoms with Gasteiger partial charge in [0.05, 0.1) is 16.7 Å². The molecule has 64 heavy (non-hydrogen) atoms. The topological polar surface area (TPSA) is 4.93 Å². The molecule has 11 aromatic carbocycles. The van der Waals surface area contributed by atoms with Gasteiger partial charge in [-0.05, 0) is 126 Å². The smallest absolute Gasteiger partial charge is 0.0541 e. The second kappa shape index (κ2) is 16.0. The average molecular weight is 816 g/mol. The molecule has 0 aliphatic heterocycles. The van der Waals surface area contributed by atoms with Crippen LogP contribution in [0.5, 0.6) is 0 Å². The molecule has 0 spiro atoms. The number of nitrogens with zero attached hydrogens (tertiary/aromatic N) is 1. The summed E-state index contributed by atoms with van der Waals surface area (Å²) in [5.74, 6) is 0.188. The van der Waals surface area contributed by atoms with Gasteiger partial charge in [-0.15, -0.1) is 0 Å². The Bertz CT molecular complexity index is 3610. The zero-order valence-electron chi connectivity index (χ0n) is 35.5. The lowest BCUT2D eigenvalue weighted by molar-refractivity contribution is 0.715. The fourth-order valence-corrected chi connectivity index (χ4v) is 10.3. The second-order valence-electron chi connectivity index (χ2n) is 17.1. The lowest BCUT2D eigenvalue weighted by Gasteiger charge is -2.23. The van der Waals surface area contributed by atoms with Crippen molar-refractivity contribution in [1.29, 1.82) is 0 Å². The summed E-state index contributed by atoms with van der Waals surface area (Å²) < 4.78 is 2.47. The molecule has 12 aromatic rings. The van der Waals surface area contributed by atoms with Gasteiger partial charge in [-0.3, -0.25) is 0 Å². The minimum Gasteiger partial charge on any atom is -0.309 e. The van der Waals surface area contributed by atoms with E-state index in [4.69, 9.17) is 0 Å². The van der Waals surface area contributed by atoms with Crippen LogP contribution < -0.4 is 0 Å². The quantitative estimate of drug-likeness (QED) is 0.128. The van der Waals surface area contributed by atoms with E-state index in [-0.39, 0.29) is 5.92 Å². The van der Waals surface area contributed by atoms with Crippen molar-refractivity contribution >= 4 is 54.1 Å². The maximum atomic E-state index is 2.52. The third-order valence-corrected chi connectivity index (χ3v) is 13.5. The van der Waals surface area contributed by atoms with Crippen molar-refractivity contribution in [3.8, 4) is 39.1 Å². The summed E-state index contributed by atoms with van der Waals surface area (Å²) >= 11 is 0. The van der Waals surface area contributed by atoms with Gasteiger partial charge in [0.25, 0.3) is 0 Å². The van der Waals surface area contributed by atoms with Crippen molar-refractivity contribution in [1.82, 2.24) is 4.57 Å². The molecule has 1 atom stereocenters. The molecule has 0 saturated heterocycles. The molecular weight excluding hydrogens is 771 g/mol. The number of hydrogen-bond donors (Lipinski definition) is 0. The van der Waals surface area contributed by atoms with Crippen LogP contribution in [0.3, 0.4) is 0 Å². The minimum absolute atomic E-state index is 0.188. The molecule has 1 aromatic heterocycles. The minimum atomic E-state index is 0.188. The van der Waals surface area contributed by atoms with E-state index in [1.807, 2.05) is 0 Å². The Hall–Kier alpha value is -8.00. The largest absolute Gasteiger partial charge is 0.309 e. The van der Waals surface area contributed by atoms with Crippen molar-refractivity contribution in [2.24, 2.45) is 0 Å². The van der Waals surface area contributed by atoms with E-state index in [0.29, 0.717) is 0 Å². The second-order valence-corrected chi connectivity index (χ2v) is 17.1. The van der Waals surface area contributed by atoms with E-state index >= 15 is 0 Å². The molecule has 12 rings (SSSR count). The van der Waals surface area contributed by atoms with Crippen molar-refractivity contribution in [2.45, 2.75) is 18.8 Å². The Balaban J connectivity index is 1.01. The van der Waals surface area contributed by atoms with Crippen LogP contribution in [0.2, 0.25) is 0 Å². The Morgan fingerprint density at radius 3 is 1.67 bits per heavy atom.